The van der Waals surface area contributed by atoms with Crippen LogP contribution in [-0.2, 0) is 6.54 Å². The maximum atomic E-state index is 11.4. The topological polar surface area (TPSA) is 42.2 Å². The maximum Gasteiger partial charge on any atom is 0.182 e. The van der Waals surface area contributed by atoms with Gasteiger partial charge in [0.1, 0.15) is 0 Å². The van der Waals surface area contributed by atoms with Crippen LogP contribution in [0.3, 0.4) is 0 Å². The summed E-state index contributed by atoms with van der Waals surface area (Å²) in [4.78, 5) is 11.4. The average molecular weight is 249 g/mol. The quantitative estimate of drug-likeness (QED) is 0.894. The second-order valence-electron chi connectivity index (χ2n) is 5.78. The third kappa shape index (κ3) is 2.66. The zero-order valence-corrected chi connectivity index (χ0v) is 11.4. The van der Waals surface area contributed by atoms with Crippen LogP contribution in [0.25, 0.3) is 0 Å². The van der Waals surface area contributed by atoms with Gasteiger partial charge < -0.3 is 9.67 Å². The third-order valence-electron chi connectivity index (χ3n) is 4.30. The van der Waals surface area contributed by atoms with E-state index in [0.29, 0.717) is 0 Å². The molecule has 1 aliphatic rings. The van der Waals surface area contributed by atoms with Crippen LogP contribution in [0, 0.1) is 19.3 Å². The van der Waals surface area contributed by atoms with Crippen molar-refractivity contribution >= 4 is 0 Å². The van der Waals surface area contributed by atoms with Crippen LogP contribution < -0.4 is 5.43 Å². The van der Waals surface area contributed by atoms with E-state index in [0.717, 1.165) is 30.8 Å². The van der Waals surface area contributed by atoms with Gasteiger partial charge in [-0.2, -0.15) is 0 Å². The van der Waals surface area contributed by atoms with E-state index in [1.807, 2.05) is 13.8 Å². The van der Waals surface area contributed by atoms with Crippen LogP contribution in [0.2, 0.25) is 0 Å². The molecule has 0 spiro atoms. The van der Waals surface area contributed by atoms with Gasteiger partial charge in [0.2, 0.25) is 0 Å². The van der Waals surface area contributed by atoms with Crippen molar-refractivity contribution in [2.75, 3.05) is 6.61 Å². The highest BCUT2D eigenvalue weighted by molar-refractivity contribution is 5.13. The molecule has 1 heterocycles. The Morgan fingerprint density at radius 3 is 2.22 bits per heavy atom. The molecule has 0 amide bonds. The Morgan fingerprint density at radius 2 is 1.72 bits per heavy atom. The van der Waals surface area contributed by atoms with Crippen LogP contribution in [0.15, 0.2) is 16.9 Å². The van der Waals surface area contributed by atoms with Crippen molar-refractivity contribution in [3.63, 3.8) is 0 Å². The van der Waals surface area contributed by atoms with E-state index in [1.165, 1.54) is 19.3 Å². The average Bonchev–Trinajstić information content (AvgIpc) is 2.35. The van der Waals surface area contributed by atoms with Crippen molar-refractivity contribution in [2.45, 2.75) is 52.5 Å². The molecule has 1 fully saturated rings. The first-order valence-electron chi connectivity index (χ1n) is 6.85. The summed E-state index contributed by atoms with van der Waals surface area (Å²) >= 11 is 0. The van der Waals surface area contributed by atoms with Crippen molar-refractivity contribution < 1.29 is 5.11 Å². The first kappa shape index (κ1) is 13.3. The van der Waals surface area contributed by atoms with Gasteiger partial charge in [0.05, 0.1) is 6.61 Å². The number of hydrogen-bond acceptors (Lipinski definition) is 2. The zero-order valence-electron chi connectivity index (χ0n) is 11.4. The molecule has 1 saturated carbocycles. The van der Waals surface area contributed by atoms with Crippen LogP contribution in [0.5, 0.6) is 0 Å². The van der Waals surface area contributed by atoms with Gasteiger partial charge >= 0.3 is 0 Å². The zero-order chi connectivity index (χ0) is 13.2. The first-order valence-corrected chi connectivity index (χ1v) is 6.85. The molecule has 1 N–H and O–H groups in total. The number of hydrogen-bond donors (Lipinski definition) is 1. The largest absolute Gasteiger partial charge is 0.396 e. The monoisotopic (exact) mass is 249 g/mol. The Kier molecular flexibility index (Phi) is 3.91. The van der Waals surface area contributed by atoms with E-state index in [9.17, 15) is 9.90 Å². The van der Waals surface area contributed by atoms with Gasteiger partial charge in [0, 0.05) is 35.5 Å². The van der Waals surface area contributed by atoms with Crippen LogP contribution in [0.1, 0.15) is 43.5 Å². The summed E-state index contributed by atoms with van der Waals surface area (Å²) in [6.45, 7) is 5.03. The van der Waals surface area contributed by atoms with Gasteiger partial charge in [-0.25, -0.2) is 0 Å². The Labute approximate surface area is 108 Å². The fourth-order valence-corrected chi connectivity index (χ4v) is 3.14. The molecule has 0 bridgehead atoms. The normalized spacial score (nSPS) is 18.8. The van der Waals surface area contributed by atoms with Gasteiger partial charge in [-0.05, 0) is 26.7 Å². The summed E-state index contributed by atoms with van der Waals surface area (Å²) in [6, 6.07) is 3.36. The van der Waals surface area contributed by atoms with E-state index in [1.54, 1.807) is 12.1 Å². The molecule has 3 heteroatoms. The van der Waals surface area contributed by atoms with Gasteiger partial charge in [0.15, 0.2) is 5.43 Å². The molecule has 0 atom stereocenters. The van der Waals surface area contributed by atoms with Gasteiger partial charge in [0.25, 0.3) is 0 Å². The molecule has 0 unspecified atom stereocenters. The molecule has 0 aliphatic heterocycles. The molecule has 100 valence electrons. The van der Waals surface area contributed by atoms with E-state index in [2.05, 4.69) is 4.57 Å². The van der Waals surface area contributed by atoms with Gasteiger partial charge in [-0.15, -0.1) is 0 Å². The number of nitrogens with zero attached hydrogens (tertiary/aromatic N) is 1. The predicted molar refractivity (Wildman–Crippen MR) is 72.8 cm³/mol. The Balaban J connectivity index is 2.29. The molecule has 0 radical (unpaired) electrons. The van der Waals surface area contributed by atoms with Gasteiger partial charge in [-0.1, -0.05) is 19.3 Å². The van der Waals surface area contributed by atoms with Crippen molar-refractivity contribution in [1.82, 2.24) is 4.57 Å². The summed E-state index contributed by atoms with van der Waals surface area (Å²) in [5, 5.41) is 9.76. The van der Waals surface area contributed by atoms with Crippen LogP contribution >= 0.6 is 0 Å². The van der Waals surface area contributed by atoms with E-state index >= 15 is 0 Å². The van der Waals surface area contributed by atoms with Crippen LogP contribution in [-0.4, -0.2) is 16.3 Å². The molecule has 1 aliphatic carbocycles. The Morgan fingerprint density at radius 1 is 1.17 bits per heavy atom. The minimum atomic E-state index is 0.0167. The smallest absolute Gasteiger partial charge is 0.182 e. The SMILES string of the molecule is Cc1cc(=O)cc(C)n1CC1(CO)CCCCC1. The lowest BCUT2D eigenvalue weighted by atomic mass is 9.74. The van der Waals surface area contributed by atoms with Crippen LogP contribution in [0.4, 0.5) is 0 Å². The lowest BCUT2D eigenvalue weighted by Crippen LogP contribution is -2.34. The van der Waals surface area contributed by atoms with Gasteiger partial charge in [-0.3, -0.25) is 4.79 Å². The molecule has 1 aromatic heterocycles. The summed E-state index contributed by atoms with van der Waals surface area (Å²) < 4.78 is 2.18. The minimum Gasteiger partial charge on any atom is -0.396 e. The molecule has 0 aromatic carbocycles. The fraction of sp³-hybridized carbons (Fsp3) is 0.667. The number of rotatable bonds is 3. The maximum absolute atomic E-state index is 11.4. The summed E-state index contributed by atoms with van der Waals surface area (Å²) in [7, 11) is 0. The van der Waals surface area contributed by atoms with E-state index < -0.39 is 0 Å². The second kappa shape index (κ2) is 5.27. The highest BCUT2D eigenvalue weighted by atomic mass is 16.3. The van der Waals surface area contributed by atoms with E-state index in [-0.39, 0.29) is 17.5 Å². The highest BCUT2D eigenvalue weighted by Crippen LogP contribution is 2.37. The molecule has 0 saturated heterocycles. The summed E-state index contributed by atoms with van der Waals surface area (Å²) in [5.41, 5.74) is 2.09. The minimum absolute atomic E-state index is 0.0167. The number of aryl methyl sites for hydroxylation is 2. The Bertz CT molecular complexity index is 444. The highest BCUT2D eigenvalue weighted by Gasteiger charge is 2.32. The lowest BCUT2D eigenvalue weighted by Gasteiger charge is -2.37. The summed E-state index contributed by atoms with van der Waals surface area (Å²) in [5.74, 6) is 0. The molecular formula is C15H23NO2. The van der Waals surface area contributed by atoms with Crippen molar-refractivity contribution in [3.05, 3.63) is 33.7 Å². The van der Waals surface area contributed by atoms with Crippen molar-refractivity contribution in [1.29, 1.82) is 0 Å². The standard InChI is InChI=1S/C15H23NO2/c1-12-8-14(18)9-13(2)16(12)10-15(11-17)6-4-3-5-7-15/h8-9,17H,3-7,10-11H2,1-2H3. The van der Waals surface area contributed by atoms with Crippen molar-refractivity contribution in [2.24, 2.45) is 5.41 Å². The lowest BCUT2D eigenvalue weighted by molar-refractivity contribution is 0.0634. The first-order chi connectivity index (χ1) is 8.56. The molecule has 18 heavy (non-hydrogen) atoms. The fourth-order valence-electron chi connectivity index (χ4n) is 3.14. The molecular weight excluding hydrogens is 226 g/mol. The Hall–Kier alpha value is -1.09. The number of pyridine rings is 1. The third-order valence-corrected chi connectivity index (χ3v) is 4.30. The number of aromatic nitrogens is 1. The van der Waals surface area contributed by atoms with Crippen molar-refractivity contribution in [3.8, 4) is 0 Å². The molecule has 2 rings (SSSR count). The molecule has 1 aromatic rings. The molecule has 3 nitrogen and oxygen atoms in total. The van der Waals surface area contributed by atoms with E-state index in [4.69, 9.17) is 0 Å². The number of aliphatic hydroxyl groups is 1. The number of aliphatic hydroxyl groups excluding tert-OH is 1. The second-order valence-corrected chi connectivity index (χ2v) is 5.78. The predicted octanol–water partition coefficient (Wildman–Crippen LogP) is 2.41. The summed E-state index contributed by atoms with van der Waals surface area (Å²) in [6.07, 6.45) is 5.88.